The molecule has 2 aliphatic rings. The standard InChI is InChI=1S/C31H38N4O2/c1-21-14-26(21)19-33-30-17-25(16-27(34-30)24-10-6-3-7-11-24)31(37)35-28(15-22-8-4-2-5-9-22)29(36)20-32-18-23-12-13-23/h2-11,16-17,21,23,26,28-29,32,36H,12-15,18-20H2,1H3,(H,33,34)(H,35,37)/t21-,26+,28-,29+/m0/s1. The zero-order valence-electron chi connectivity index (χ0n) is 21.6. The minimum atomic E-state index is -0.702. The molecule has 6 nitrogen and oxygen atoms in total. The summed E-state index contributed by atoms with van der Waals surface area (Å²) in [5.74, 6) is 2.63. The lowest BCUT2D eigenvalue weighted by Gasteiger charge is -2.25. The van der Waals surface area contributed by atoms with Crippen molar-refractivity contribution in [1.82, 2.24) is 15.6 Å². The Hall–Kier alpha value is -3.22. The van der Waals surface area contributed by atoms with E-state index in [9.17, 15) is 9.90 Å². The number of carbonyl (C=O) groups is 1. The monoisotopic (exact) mass is 498 g/mol. The Morgan fingerprint density at radius 2 is 1.73 bits per heavy atom. The van der Waals surface area contributed by atoms with Gasteiger partial charge in [0.05, 0.1) is 17.8 Å². The highest BCUT2D eigenvalue weighted by molar-refractivity contribution is 5.96. The van der Waals surface area contributed by atoms with E-state index >= 15 is 0 Å². The first-order valence-electron chi connectivity index (χ1n) is 13.6. The highest BCUT2D eigenvalue weighted by Crippen LogP contribution is 2.37. The topological polar surface area (TPSA) is 86.3 Å². The predicted molar refractivity (Wildman–Crippen MR) is 148 cm³/mol. The lowest BCUT2D eigenvalue weighted by atomic mass is 10.00. The molecular weight excluding hydrogens is 460 g/mol. The van der Waals surface area contributed by atoms with Gasteiger partial charge >= 0.3 is 0 Å². The second-order valence-electron chi connectivity index (χ2n) is 10.8. The van der Waals surface area contributed by atoms with Crippen LogP contribution in [0.25, 0.3) is 11.3 Å². The molecule has 1 amide bonds. The number of hydrogen-bond donors (Lipinski definition) is 4. The molecule has 2 fully saturated rings. The van der Waals surface area contributed by atoms with E-state index in [1.165, 1.54) is 19.3 Å². The third kappa shape index (κ3) is 7.40. The Morgan fingerprint density at radius 1 is 1.03 bits per heavy atom. The third-order valence-electron chi connectivity index (χ3n) is 7.54. The first kappa shape index (κ1) is 25.4. The Bertz CT molecular complexity index is 1170. The quantitative estimate of drug-likeness (QED) is 0.278. The molecule has 5 rings (SSSR count). The molecule has 0 unspecified atom stereocenters. The highest BCUT2D eigenvalue weighted by Gasteiger charge is 2.32. The summed E-state index contributed by atoms with van der Waals surface area (Å²) in [7, 11) is 0. The van der Waals surface area contributed by atoms with Crippen LogP contribution in [0, 0.1) is 17.8 Å². The zero-order valence-corrected chi connectivity index (χ0v) is 21.6. The molecule has 4 atom stereocenters. The van der Waals surface area contributed by atoms with E-state index < -0.39 is 12.1 Å². The molecule has 1 heterocycles. The number of carbonyl (C=O) groups excluding carboxylic acids is 1. The minimum Gasteiger partial charge on any atom is -0.390 e. The van der Waals surface area contributed by atoms with E-state index in [1.54, 1.807) is 0 Å². The van der Waals surface area contributed by atoms with Gasteiger partial charge in [-0.3, -0.25) is 4.79 Å². The van der Waals surface area contributed by atoms with Gasteiger partial charge in [-0.05, 0) is 67.7 Å². The molecule has 3 aromatic rings. The van der Waals surface area contributed by atoms with Crippen LogP contribution in [0.3, 0.4) is 0 Å². The van der Waals surface area contributed by atoms with Gasteiger partial charge in [0.1, 0.15) is 5.82 Å². The van der Waals surface area contributed by atoms with Crippen molar-refractivity contribution >= 4 is 11.7 Å². The van der Waals surface area contributed by atoms with Crippen molar-refractivity contribution in [1.29, 1.82) is 0 Å². The van der Waals surface area contributed by atoms with Gasteiger partial charge in [0, 0.05) is 24.2 Å². The van der Waals surface area contributed by atoms with Gasteiger partial charge in [0.2, 0.25) is 0 Å². The van der Waals surface area contributed by atoms with Crippen LogP contribution in [0.1, 0.15) is 42.1 Å². The van der Waals surface area contributed by atoms with Crippen LogP contribution in [0.4, 0.5) is 5.82 Å². The summed E-state index contributed by atoms with van der Waals surface area (Å²) in [6, 6.07) is 23.2. The van der Waals surface area contributed by atoms with Gasteiger partial charge < -0.3 is 21.1 Å². The van der Waals surface area contributed by atoms with Crippen LogP contribution in [-0.4, -0.2) is 47.8 Å². The summed E-state index contributed by atoms with van der Waals surface area (Å²) < 4.78 is 0. The number of aromatic nitrogens is 1. The molecule has 0 saturated heterocycles. The number of benzene rings is 2. The molecule has 6 heteroatoms. The molecular formula is C31H38N4O2. The number of pyridine rings is 1. The summed E-state index contributed by atoms with van der Waals surface area (Å²) in [4.78, 5) is 18.4. The number of aliphatic hydroxyl groups is 1. The van der Waals surface area contributed by atoms with E-state index in [1.807, 2.05) is 72.8 Å². The number of amides is 1. The van der Waals surface area contributed by atoms with Crippen molar-refractivity contribution in [3.63, 3.8) is 0 Å². The maximum atomic E-state index is 13.6. The Labute approximate surface area is 219 Å². The van der Waals surface area contributed by atoms with Crippen molar-refractivity contribution in [3.05, 3.63) is 83.9 Å². The maximum absolute atomic E-state index is 13.6. The number of rotatable bonds is 13. The number of aliphatic hydroxyl groups excluding tert-OH is 1. The Morgan fingerprint density at radius 3 is 2.41 bits per heavy atom. The fourth-order valence-corrected chi connectivity index (χ4v) is 4.73. The van der Waals surface area contributed by atoms with E-state index in [4.69, 9.17) is 4.98 Å². The highest BCUT2D eigenvalue weighted by atomic mass is 16.3. The molecule has 0 bridgehead atoms. The molecule has 37 heavy (non-hydrogen) atoms. The van der Waals surface area contributed by atoms with Gasteiger partial charge in [-0.1, -0.05) is 67.6 Å². The van der Waals surface area contributed by atoms with E-state index in [0.717, 1.165) is 41.7 Å². The number of anilines is 1. The van der Waals surface area contributed by atoms with Crippen molar-refractivity contribution in [2.45, 2.75) is 44.8 Å². The fourth-order valence-electron chi connectivity index (χ4n) is 4.73. The summed E-state index contributed by atoms with van der Waals surface area (Å²) in [5.41, 5.74) is 3.34. The van der Waals surface area contributed by atoms with Crippen molar-refractivity contribution in [3.8, 4) is 11.3 Å². The Balaban J connectivity index is 1.34. The molecule has 2 aliphatic carbocycles. The van der Waals surface area contributed by atoms with Crippen LogP contribution >= 0.6 is 0 Å². The molecule has 2 aromatic carbocycles. The van der Waals surface area contributed by atoms with Crippen molar-refractivity contribution in [2.24, 2.45) is 17.8 Å². The van der Waals surface area contributed by atoms with Crippen LogP contribution in [0.5, 0.6) is 0 Å². The van der Waals surface area contributed by atoms with Gasteiger partial charge in [-0.15, -0.1) is 0 Å². The molecule has 0 spiro atoms. The fraction of sp³-hybridized carbons (Fsp3) is 0.419. The zero-order chi connectivity index (χ0) is 25.6. The maximum Gasteiger partial charge on any atom is 0.251 e. The van der Waals surface area contributed by atoms with Gasteiger partial charge in [0.15, 0.2) is 0 Å². The molecule has 4 N–H and O–H groups in total. The smallest absolute Gasteiger partial charge is 0.251 e. The van der Waals surface area contributed by atoms with E-state index in [-0.39, 0.29) is 5.91 Å². The van der Waals surface area contributed by atoms with Crippen molar-refractivity contribution in [2.75, 3.05) is 25.0 Å². The largest absolute Gasteiger partial charge is 0.390 e. The predicted octanol–water partition coefficient (Wildman–Crippen LogP) is 4.52. The van der Waals surface area contributed by atoms with Crippen LogP contribution in [0.15, 0.2) is 72.8 Å². The molecule has 0 aliphatic heterocycles. The van der Waals surface area contributed by atoms with Crippen LogP contribution < -0.4 is 16.0 Å². The second-order valence-corrected chi connectivity index (χ2v) is 10.8. The number of hydrogen-bond acceptors (Lipinski definition) is 5. The lowest BCUT2D eigenvalue weighted by molar-refractivity contribution is 0.0830. The minimum absolute atomic E-state index is 0.204. The average molecular weight is 499 g/mol. The Kier molecular flexibility index (Phi) is 8.17. The number of nitrogens with one attached hydrogen (secondary N) is 3. The van der Waals surface area contributed by atoms with Crippen molar-refractivity contribution < 1.29 is 9.90 Å². The lowest BCUT2D eigenvalue weighted by Crippen LogP contribution is -2.49. The summed E-state index contributed by atoms with van der Waals surface area (Å²) in [6.45, 7) is 4.49. The third-order valence-corrected chi connectivity index (χ3v) is 7.54. The van der Waals surface area contributed by atoms with Gasteiger partial charge in [-0.25, -0.2) is 4.98 Å². The van der Waals surface area contributed by atoms with Crippen LogP contribution in [0.2, 0.25) is 0 Å². The average Bonchev–Trinajstić information content (AvgIpc) is 3.86. The summed E-state index contributed by atoms with van der Waals surface area (Å²) in [6.07, 6.45) is 3.60. The summed E-state index contributed by atoms with van der Waals surface area (Å²) in [5, 5.41) is 21.0. The molecule has 2 saturated carbocycles. The number of nitrogens with zero attached hydrogens (tertiary/aromatic N) is 1. The second kappa shape index (κ2) is 11.9. The first-order valence-corrected chi connectivity index (χ1v) is 13.6. The van der Waals surface area contributed by atoms with E-state index in [0.29, 0.717) is 30.3 Å². The summed E-state index contributed by atoms with van der Waals surface area (Å²) >= 11 is 0. The normalized spacial score (nSPS) is 20.2. The van der Waals surface area contributed by atoms with Gasteiger partial charge in [-0.2, -0.15) is 0 Å². The SMILES string of the molecule is C[C@H]1C[C@@H]1CNc1cc(C(=O)N[C@@H](Cc2ccccc2)[C@H](O)CNCC2CC2)cc(-c2ccccc2)n1. The van der Waals surface area contributed by atoms with E-state index in [2.05, 4.69) is 22.9 Å². The molecule has 0 radical (unpaired) electrons. The van der Waals surface area contributed by atoms with Gasteiger partial charge in [0.25, 0.3) is 5.91 Å². The first-order chi connectivity index (χ1) is 18.0. The van der Waals surface area contributed by atoms with Crippen LogP contribution in [-0.2, 0) is 6.42 Å². The molecule has 1 aromatic heterocycles. The molecule has 194 valence electrons.